The summed E-state index contributed by atoms with van der Waals surface area (Å²) in [6.45, 7) is 7.50. The number of pyridine rings is 2. The highest BCUT2D eigenvalue weighted by atomic mass is 32.1. The van der Waals surface area contributed by atoms with Crippen molar-refractivity contribution in [2.75, 3.05) is 10.6 Å². The van der Waals surface area contributed by atoms with Crippen molar-refractivity contribution in [1.82, 2.24) is 19.9 Å². The van der Waals surface area contributed by atoms with Gasteiger partial charge in [0.2, 0.25) is 0 Å². The summed E-state index contributed by atoms with van der Waals surface area (Å²) >= 11 is 3.04. The Bertz CT molecular complexity index is 2460. The lowest BCUT2D eigenvalue weighted by Gasteiger charge is -2.14. The summed E-state index contributed by atoms with van der Waals surface area (Å²) in [7, 11) is 0. The molecule has 0 aliphatic rings. The second-order valence-corrected chi connectivity index (χ2v) is 14.5. The molecule has 2 N–H and O–H groups in total. The van der Waals surface area contributed by atoms with E-state index in [1.54, 1.807) is 35.7 Å². The third-order valence-corrected chi connectivity index (χ3v) is 10.6. The zero-order valence-corrected chi connectivity index (χ0v) is 33.3. The van der Waals surface area contributed by atoms with Crippen LogP contribution in [0.2, 0.25) is 0 Å². The quantitative estimate of drug-likeness (QED) is 0.144. The van der Waals surface area contributed by atoms with E-state index in [-0.39, 0.29) is 5.56 Å². The average molecular weight is 799 g/mol. The van der Waals surface area contributed by atoms with Crippen LogP contribution in [-0.4, -0.2) is 19.9 Å². The first-order valence-corrected chi connectivity index (χ1v) is 20.1. The molecule has 0 bridgehead atoms. The van der Waals surface area contributed by atoms with Gasteiger partial charge < -0.3 is 10.6 Å². The molecule has 57 heavy (non-hydrogen) atoms. The van der Waals surface area contributed by atoms with Crippen LogP contribution in [0, 0.1) is 6.92 Å². The molecule has 0 aliphatic carbocycles. The summed E-state index contributed by atoms with van der Waals surface area (Å²) in [5.74, 6) is 0. The maximum absolute atomic E-state index is 13.5. The number of thiazole rings is 2. The molecule has 11 heteroatoms. The number of rotatable bonds is 10. The lowest BCUT2D eigenvalue weighted by molar-refractivity contribution is -0.137. The molecule has 8 aromatic rings. The normalized spacial score (nSPS) is 10.8. The third-order valence-electron chi connectivity index (χ3n) is 8.62. The monoisotopic (exact) mass is 798 g/mol. The molecule has 0 unspecified atom stereocenters. The van der Waals surface area contributed by atoms with Crippen molar-refractivity contribution in [1.29, 1.82) is 0 Å². The van der Waals surface area contributed by atoms with Crippen molar-refractivity contribution in [3.8, 4) is 43.4 Å². The Morgan fingerprint density at radius 1 is 0.491 bits per heavy atom. The summed E-state index contributed by atoms with van der Waals surface area (Å²) in [5, 5.41) is 8.28. The van der Waals surface area contributed by atoms with Crippen LogP contribution in [0.5, 0.6) is 0 Å². The first-order valence-electron chi connectivity index (χ1n) is 18.4. The fraction of sp³-hybridized carbons (Fsp3) is 0.130. The van der Waals surface area contributed by atoms with E-state index in [1.807, 2.05) is 68.7 Å². The fourth-order valence-corrected chi connectivity index (χ4v) is 7.60. The van der Waals surface area contributed by atoms with Gasteiger partial charge in [0, 0.05) is 60.1 Å². The fourth-order valence-electron chi connectivity index (χ4n) is 5.92. The van der Waals surface area contributed by atoms with Gasteiger partial charge in [-0.15, -0.1) is 0 Å². The first kappa shape index (κ1) is 40.5. The third kappa shape index (κ3) is 10.6. The molecule has 288 valence electrons. The van der Waals surface area contributed by atoms with Crippen molar-refractivity contribution in [2.24, 2.45) is 0 Å². The number of aromatic nitrogens is 4. The predicted octanol–water partition coefficient (Wildman–Crippen LogP) is 13.3. The van der Waals surface area contributed by atoms with Gasteiger partial charge in [0.15, 0.2) is 10.3 Å². The average Bonchev–Trinajstić information content (AvgIpc) is 3.94. The van der Waals surface area contributed by atoms with E-state index in [9.17, 15) is 13.2 Å². The minimum Gasteiger partial charge on any atom is -0.357 e. The van der Waals surface area contributed by atoms with E-state index >= 15 is 0 Å². The van der Waals surface area contributed by atoms with Gasteiger partial charge in [0.1, 0.15) is 0 Å². The maximum atomic E-state index is 13.5. The van der Waals surface area contributed by atoms with E-state index in [4.69, 9.17) is 0 Å². The summed E-state index contributed by atoms with van der Waals surface area (Å²) in [5.41, 5.74) is 7.13. The Labute approximate surface area is 339 Å². The smallest absolute Gasteiger partial charge is 0.357 e. The SMILES string of the molecule is CC.Cc1ccccc1-c1ncccc1-c1cnc(NCc2ccccc2)s1.FC(F)(F)c1ccccc1-c1ncccc1-c1cnc(NCc2ccccc2)s1. The van der Waals surface area contributed by atoms with Crippen molar-refractivity contribution < 1.29 is 13.2 Å². The summed E-state index contributed by atoms with van der Waals surface area (Å²) in [4.78, 5) is 19.7. The van der Waals surface area contributed by atoms with Gasteiger partial charge in [-0.3, -0.25) is 9.97 Å². The van der Waals surface area contributed by atoms with Gasteiger partial charge >= 0.3 is 6.18 Å². The number of nitrogens with zero attached hydrogens (tertiary/aromatic N) is 4. The van der Waals surface area contributed by atoms with Crippen LogP contribution in [0.25, 0.3) is 43.4 Å². The minimum absolute atomic E-state index is 0.0581. The van der Waals surface area contributed by atoms with Crippen LogP contribution in [0.1, 0.15) is 36.1 Å². The molecule has 0 spiro atoms. The Morgan fingerprint density at radius 3 is 1.40 bits per heavy atom. The van der Waals surface area contributed by atoms with Gasteiger partial charge in [-0.25, -0.2) is 9.97 Å². The van der Waals surface area contributed by atoms with Crippen LogP contribution < -0.4 is 10.6 Å². The number of hydrogen-bond acceptors (Lipinski definition) is 8. The van der Waals surface area contributed by atoms with E-state index in [0.29, 0.717) is 22.9 Å². The molecule has 0 fully saturated rings. The standard InChI is InChI=1S/C22H16F3N3S.C22H19N3S.C2H6/c23-22(24,25)18-11-5-4-9-16(18)20-17(10-6-12-26-20)19-14-28-21(29-19)27-13-15-7-2-1-3-8-15;1-16-8-5-6-11-18(16)21-19(12-7-13-23-21)20-15-25-22(26-20)24-14-17-9-3-2-4-10-17;1-2/h1-12,14H,13H2,(H,27,28);2-13,15H,14H2,1H3,(H,24,25);1-2H3. The van der Waals surface area contributed by atoms with E-state index < -0.39 is 11.7 Å². The Balaban J connectivity index is 0.000000186. The van der Waals surface area contributed by atoms with Gasteiger partial charge in [0.05, 0.1) is 26.7 Å². The highest BCUT2D eigenvalue weighted by Gasteiger charge is 2.34. The molecule has 0 atom stereocenters. The lowest BCUT2D eigenvalue weighted by atomic mass is 9.99. The Hall–Kier alpha value is -6.17. The largest absolute Gasteiger partial charge is 0.417 e. The molecule has 0 radical (unpaired) electrons. The van der Waals surface area contributed by atoms with Crippen LogP contribution in [0.3, 0.4) is 0 Å². The number of anilines is 2. The molecule has 4 aromatic heterocycles. The van der Waals surface area contributed by atoms with Crippen molar-refractivity contribution in [2.45, 2.75) is 40.0 Å². The highest BCUT2D eigenvalue weighted by molar-refractivity contribution is 7.19. The highest BCUT2D eigenvalue weighted by Crippen LogP contribution is 2.41. The molecule has 8 rings (SSSR count). The van der Waals surface area contributed by atoms with Gasteiger partial charge in [-0.05, 0) is 53.9 Å². The van der Waals surface area contributed by atoms with Crippen LogP contribution in [0.15, 0.2) is 158 Å². The number of halogens is 3. The predicted molar refractivity (Wildman–Crippen MR) is 230 cm³/mol. The minimum atomic E-state index is -4.46. The Kier molecular flexibility index (Phi) is 13.9. The topological polar surface area (TPSA) is 75.6 Å². The molecule has 4 heterocycles. The van der Waals surface area contributed by atoms with E-state index in [2.05, 4.69) is 92.1 Å². The van der Waals surface area contributed by atoms with E-state index in [0.717, 1.165) is 49.9 Å². The number of alkyl halides is 3. The number of nitrogens with one attached hydrogen (secondary N) is 2. The molecular weight excluding hydrogens is 758 g/mol. The molecule has 0 saturated carbocycles. The molecular formula is C46H41F3N6S2. The summed E-state index contributed by atoms with van der Waals surface area (Å²) in [6.07, 6.45) is 2.48. The van der Waals surface area contributed by atoms with Crippen LogP contribution in [0.4, 0.5) is 23.4 Å². The number of aryl methyl sites for hydroxylation is 1. The zero-order chi connectivity index (χ0) is 40.0. The van der Waals surface area contributed by atoms with Crippen LogP contribution >= 0.6 is 22.7 Å². The van der Waals surface area contributed by atoms with Gasteiger partial charge in [0.25, 0.3) is 0 Å². The van der Waals surface area contributed by atoms with Crippen molar-refractivity contribution in [3.63, 3.8) is 0 Å². The van der Waals surface area contributed by atoms with Crippen molar-refractivity contribution in [3.05, 3.63) is 181 Å². The second-order valence-electron chi connectivity index (χ2n) is 12.4. The number of hydrogen-bond donors (Lipinski definition) is 2. The first-order chi connectivity index (χ1) is 27.8. The molecule has 4 aromatic carbocycles. The van der Waals surface area contributed by atoms with E-state index in [1.165, 1.54) is 40.8 Å². The van der Waals surface area contributed by atoms with Gasteiger partial charge in [-0.2, -0.15) is 13.2 Å². The maximum Gasteiger partial charge on any atom is 0.417 e. The summed E-state index contributed by atoms with van der Waals surface area (Å²) < 4.78 is 40.5. The van der Waals surface area contributed by atoms with Crippen molar-refractivity contribution >= 4 is 32.9 Å². The molecule has 0 aliphatic heterocycles. The zero-order valence-electron chi connectivity index (χ0n) is 31.7. The number of benzene rings is 4. The second kappa shape index (κ2) is 19.6. The lowest BCUT2D eigenvalue weighted by Crippen LogP contribution is -2.07. The molecule has 6 nitrogen and oxygen atoms in total. The summed E-state index contributed by atoms with van der Waals surface area (Å²) in [6, 6.07) is 41.7. The Morgan fingerprint density at radius 2 is 0.912 bits per heavy atom. The van der Waals surface area contributed by atoms with Crippen LogP contribution in [-0.2, 0) is 19.3 Å². The molecule has 0 saturated heterocycles. The molecule has 0 amide bonds. The van der Waals surface area contributed by atoms with Gasteiger partial charge in [-0.1, -0.05) is 140 Å².